The quantitative estimate of drug-likeness (QED) is 0.660. The molecule has 2 rings (SSSR count). The topological polar surface area (TPSA) is 38.0 Å². The van der Waals surface area contributed by atoms with Crippen molar-refractivity contribution in [2.75, 3.05) is 0 Å². The summed E-state index contributed by atoms with van der Waals surface area (Å²) >= 11 is 1.56. The van der Waals surface area contributed by atoms with E-state index in [2.05, 4.69) is 5.43 Å². The summed E-state index contributed by atoms with van der Waals surface area (Å²) in [6.45, 7) is 1.53. The van der Waals surface area contributed by atoms with Crippen LogP contribution in [0.25, 0.3) is 0 Å². The summed E-state index contributed by atoms with van der Waals surface area (Å²) in [5.41, 5.74) is 4.14. The van der Waals surface area contributed by atoms with Crippen molar-refractivity contribution in [3.63, 3.8) is 0 Å². The summed E-state index contributed by atoms with van der Waals surface area (Å²) in [4.78, 5) is 0. The Balaban J connectivity index is 2.30. The summed E-state index contributed by atoms with van der Waals surface area (Å²) in [5.74, 6) is 3.81. The molecule has 0 bridgehead atoms. The van der Waals surface area contributed by atoms with E-state index >= 15 is 0 Å². The van der Waals surface area contributed by atoms with Crippen LogP contribution in [0.4, 0.5) is 8.78 Å². The molecular formula is C13H14F2N2S. The highest BCUT2D eigenvalue weighted by atomic mass is 32.1. The molecule has 0 saturated carbocycles. The Morgan fingerprint density at radius 2 is 2.06 bits per heavy atom. The molecule has 0 aliphatic heterocycles. The molecule has 0 aliphatic carbocycles. The molecule has 0 radical (unpaired) electrons. The van der Waals surface area contributed by atoms with Crippen LogP contribution in [0.5, 0.6) is 0 Å². The van der Waals surface area contributed by atoms with E-state index in [9.17, 15) is 8.78 Å². The minimum Gasteiger partial charge on any atom is -0.271 e. The highest BCUT2D eigenvalue weighted by Crippen LogP contribution is 2.24. The van der Waals surface area contributed by atoms with E-state index in [0.29, 0.717) is 12.0 Å². The molecule has 0 fully saturated rings. The van der Waals surface area contributed by atoms with Gasteiger partial charge in [0.25, 0.3) is 0 Å². The first-order chi connectivity index (χ1) is 8.63. The van der Waals surface area contributed by atoms with Gasteiger partial charge in [-0.05, 0) is 41.3 Å². The fourth-order valence-electron chi connectivity index (χ4n) is 1.83. The Hall–Kier alpha value is -1.30. The van der Waals surface area contributed by atoms with Crippen molar-refractivity contribution in [3.05, 3.63) is 57.3 Å². The molecule has 1 aromatic heterocycles. The van der Waals surface area contributed by atoms with E-state index in [4.69, 9.17) is 5.84 Å². The van der Waals surface area contributed by atoms with Crippen molar-refractivity contribution < 1.29 is 8.78 Å². The maximum atomic E-state index is 13.9. The third-order valence-electron chi connectivity index (χ3n) is 2.90. The van der Waals surface area contributed by atoms with Crippen molar-refractivity contribution in [3.8, 4) is 0 Å². The van der Waals surface area contributed by atoms with Gasteiger partial charge in [-0.15, -0.1) is 0 Å². The molecule has 0 spiro atoms. The first-order valence-corrected chi connectivity index (χ1v) is 6.49. The molecule has 96 valence electrons. The summed E-state index contributed by atoms with van der Waals surface area (Å²) in [7, 11) is 0. The van der Waals surface area contributed by atoms with Gasteiger partial charge >= 0.3 is 0 Å². The van der Waals surface area contributed by atoms with E-state index in [0.717, 1.165) is 5.56 Å². The van der Waals surface area contributed by atoms with E-state index in [1.54, 1.807) is 23.5 Å². The number of aryl methyl sites for hydroxylation is 1. The third kappa shape index (κ3) is 2.58. The van der Waals surface area contributed by atoms with Gasteiger partial charge in [0.15, 0.2) is 11.6 Å². The molecule has 0 amide bonds. The van der Waals surface area contributed by atoms with Crippen LogP contribution in [-0.4, -0.2) is 0 Å². The number of hydrogen-bond donors (Lipinski definition) is 2. The number of halogens is 2. The molecule has 0 aliphatic rings. The van der Waals surface area contributed by atoms with Crippen LogP contribution in [0.3, 0.4) is 0 Å². The van der Waals surface area contributed by atoms with Gasteiger partial charge in [-0.25, -0.2) is 8.78 Å². The summed E-state index contributed by atoms with van der Waals surface area (Å²) in [6.07, 6.45) is 0.527. The normalized spacial score (nSPS) is 12.7. The number of hydrazine groups is 1. The van der Waals surface area contributed by atoms with Crippen LogP contribution >= 0.6 is 11.3 Å². The van der Waals surface area contributed by atoms with Crippen LogP contribution < -0.4 is 11.3 Å². The first-order valence-electron chi connectivity index (χ1n) is 5.55. The Morgan fingerprint density at radius 3 is 2.67 bits per heavy atom. The van der Waals surface area contributed by atoms with Gasteiger partial charge in [-0.1, -0.05) is 12.1 Å². The summed E-state index contributed by atoms with van der Waals surface area (Å²) in [6, 6.07) is 4.64. The second kappa shape index (κ2) is 5.56. The lowest BCUT2D eigenvalue weighted by Crippen LogP contribution is -2.30. The number of nitrogens with one attached hydrogen (secondary N) is 1. The van der Waals surface area contributed by atoms with E-state index in [1.807, 2.05) is 16.8 Å². The molecule has 1 atom stereocenters. The van der Waals surface area contributed by atoms with Gasteiger partial charge in [0.05, 0.1) is 6.04 Å². The van der Waals surface area contributed by atoms with Gasteiger partial charge in [0.2, 0.25) is 0 Å². The number of benzene rings is 1. The third-order valence-corrected chi connectivity index (χ3v) is 3.63. The number of rotatable bonds is 4. The van der Waals surface area contributed by atoms with Crippen molar-refractivity contribution >= 4 is 11.3 Å². The van der Waals surface area contributed by atoms with Crippen molar-refractivity contribution in [1.29, 1.82) is 0 Å². The standard InChI is InChI=1S/C13H14F2N2S/c1-8-2-3-10(13(15)12(8)14)11(17-16)6-9-4-5-18-7-9/h2-5,7,11,17H,6,16H2,1H3. The maximum absolute atomic E-state index is 13.9. The summed E-state index contributed by atoms with van der Waals surface area (Å²) < 4.78 is 27.4. The minimum atomic E-state index is -0.826. The zero-order valence-electron chi connectivity index (χ0n) is 9.91. The molecule has 18 heavy (non-hydrogen) atoms. The number of nitrogens with two attached hydrogens (primary N) is 1. The summed E-state index contributed by atoms with van der Waals surface area (Å²) in [5, 5.41) is 3.90. The predicted octanol–water partition coefficient (Wildman–Crippen LogP) is 3.08. The Bertz CT molecular complexity index is 526. The van der Waals surface area contributed by atoms with E-state index in [-0.39, 0.29) is 5.56 Å². The second-order valence-corrected chi connectivity index (χ2v) is 4.93. The molecule has 2 aromatic rings. The monoisotopic (exact) mass is 268 g/mol. The lowest BCUT2D eigenvalue weighted by atomic mass is 9.99. The van der Waals surface area contributed by atoms with Crippen LogP contribution in [0, 0.1) is 18.6 Å². The molecule has 5 heteroatoms. The van der Waals surface area contributed by atoms with Crippen LogP contribution in [0.2, 0.25) is 0 Å². The van der Waals surface area contributed by atoms with Gasteiger partial charge in [0.1, 0.15) is 0 Å². The fraction of sp³-hybridized carbons (Fsp3) is 0.231. The smallest absolute Gasteiger partial charge is 0.163 e. The minimum absolute atomic E-state index is 0.256. The van der Waals surface area contributed by atoms with Crippen molar-refractivity contribution in [2.24, 2.45) is 5.84 Å². The molecule has 1 unspecified atom stereocenters. The molecule has 1 heterocycles. The molecule has 0 saturated heterocycles. The first kappa shape index (κ1) is 13.1. The lowest BCUT2D eigenvalue weighted by molar-refractivity contribution is 0.461. The highest BCUT2D eigenvalue weighted by Gasteiger charge is 2.19. The SMILES string of the molecule is Cc1ccc(C(Cc2ccsc2)NN)c(F)c1F. The highest BCUT2D eigenvalue weighted by molar-refractivity contribution is 7.07. The lowest BCUT2D eigenvalue weighted by Gasteiger charge is -2.17. The van der Waals surface area contributed by atoms with Crippen LogP contribution in [-0.2, 0) is 6.42 Å². The van der Waals surface area contributed by atoms with Crippen molar-refractivity contribution in [1.82, 2.24) is 5.43 Å². The fourth-order valence-corrected chi connectivity index (χ4v) is 2.51. The molecule has 1 aromatic carbocycles. The van der Waals surface area contributed by atoms with Gasteiger partial charge in [-0.2, -0.15) is 11.3 Å². The van der Waals surface area contributed by atoms with E-state index < -0.39 is 17.7 Å². The van der Waals surface area contributed by atoms with Crippen LogP contribution in [0.15, 0.2) is 29.0 Å². The predicted molar refractivity (Wildman–Crippen MR) is 69.2 cm³/mol. The number of thiophene rings is 1. The Kier molecular flexibility index (Phi) is 4.06. The van der Waals surface area contributed by atoms with Crippen LogP contribution in [0.1, 0.15) is 22.7 Å². The number of hydrogen-bond acceptors (Lipinski definition) is 3. The van der Waals surface area contributed by atoms with Gasteiger partial charge in [-0.3, -0.25) is 11.3 Å². The zero-order valence-corrected chi connectivity index (χ0v) is 10.7. The average molecular weight is 268 g/mol. The Labute approximate surface area is 108 Å². The Morgan fingerprint density at radius 1 is 1.28 bits per heavy atom. The average Bonchev–Trinajstić information content (AvgIpc) is 2.87. The van der Waals surface area contributed by atoms with Gasteiger partial charge in [0, 0.05) is 5.56 Å². The molecular weight excluding hydrogens is 254 g/mol. The second-order valence-electron chi connectivity index (χ2n) is 4.15. The van der Waals surface area contributed by atoms with Gasteiger partial charge < -0.3 is 0 Å². The largest absolute Gasteiger partial charge is 0.271 e. The molecule has 3 N–H and O–H groups in total. The maximum Gasteiger partial charge on any atom is 0.163 e. The van der Waals surface area contributed by atoms with Crippen molar-refractivity contribution in [2.45, 2.75) is 19.4 Å². The molecule has 2 nitrogen and oxygen atoms in total. The zero-order chi connectivity index (χ0) is 13.1. The van der Waals surface area contributed by atoms with E-state index in [1.165, 1.54) is 6.92 Å².